The molecule has 3 aromatic rings. The van der Waals surface area contributed by atoms with Crippen molar-refractivity contribution >= 4 is 22.7 Å². The molecule has 8 heteroatoms. The molecule has 198 valence electrons. The molecule has 37 heavy (non-hydrogen) atoms. The molecule has 0 bridgehead atoms. The Morgan fingerprint density at radius 2 is 2.00 bits per heavy atom. The van der Waals surface area contributed by atoms with Crippen molar-refractivity contribution in [3.05, 3.63) is 40.7 Å². The monoisotopic (exact) mass is 507 g/mol. The predicted octanol–water partition coefficient (Wildman–Crippen LogP) is 5.25. The lowest BCUT2D eigenvalue weighted by atomic mass is 9.90. The molecule has 8 nitrogen and oxygen atoms in total. The Balaban J connectivity index is 1.82. The van der Waals surface area contributed by atoms with Gasteiger partial charge in [0.25, 0.3) is 0 Å². The van der Waals surface area contributed by atoms with Gasteiger partial charge in [0.2, 0.25) is 0 Å². The first-order chi connectivity index (χ1) is 17.6. The minimum Gasteiger partial charge on any atom is -0.490 e. The summed E-state index contributed by atoms with van der Waals surface area (Å²) in [4.78, 5) is 18.3. The molecule has 0 amide bonds. The van der Waals surface area contributed by atoms with E-state index in [-0.39, 0.29) is 6.10 Å². The number of carbonyl (C=O) groups excluding carboxylic acids is 1. The number of carbonyl (C=O) groups is 1. The SMILES string of the molecule is COC(=O)[C@@H](OC(C)(C)C)c1c(C)nc2c(c(C)c(C)n2CC2CCO2)c1-c1ccc2c(c1)NCCO2. The summed E-state index contributed by atoms with van der Waals surface area (Å²) < 4.78 is 25.5. The minimum atomic E-state index is -0.935. The predicted molar refractivity (Wildman–Crippen MR) is 143 cm³/mol. The highest BCUT2D eigenvalue weighted by Gasteiger charge is 2.35. The van der Waals surface area contributed by atoms with Crippen LogP contribution in [0.3, 0.4) is 0 Å². The van der Waals surface area contributed by atoms with Crippen LogP contribution >= 0.6 is 0 Å². The fraction of sp³-hybridized carbons (Fsp3) is 0.517. The minimum absolute atomic E-state index is 0.191. The van der Waals surface area contributed by atoms with Crippen LogP contribution in [0.2, 0.25) is 0 Å². The Kier molecular flexibility index (Phi) is 6.66. The molecule has 1 fully saturated rings. The largest absolute Gasteiger partial charge is 0.490 e. The highest BCUT2D eigenvalue weighted by Crippen LogP contribution is 2.44. The summed E-state index contributed by atoms with van der Waals surface area (Å²) in [5.74, 6) is 0.373. The maximum absolute atomic E-state index is 13.2. The molecule has 4 heterocycles. The van der Waals surface area contributed by atoms with Gasteiger partial charge in [0, 0.05) is 41.1 Å². The molecular formula is C29H37N3O5. The number of nitrogens with one attached hydrogen (secondary N) is 1. The summed E-state index contributed by atoms with van der Waals surface area (Å²) in [6, 6.07) is 6.14. The number of pyridine rings is 1. The number of nitrogens with zero attached hydrogens (tertiary/aromatic N) is 2. The van der Waals surface area contributed by atoms with Crippen molar-refractivity contribution in [1.29, 1.82) is 0 Å². The van der Waals surface area contributed by atoms with Crippen LogP contribution in [-0.4, -0.2) is 54.1 Å². The van der Waals surface area contributed by atoms with Gasteiger partial charge in [-0.2, -0.15) is 0 Å². The molecule has 1 aromatic carbocycles. The smallest absolute Gasteiger partial charge is 0.339 e. The van der Waals surface area contributed by atoms with Crippen molar-refractivity contribution < 1.29 is 23.7 Å². The van der Waals surface area contributed by atoms with Crippen LogP contribution in [0.5, 0.6) is 5.75 Å². The molecule has 2 aromatic heterocycles. The van der Waals surface area contributed by atoms with E-state index < -0.39 is 17.7 Å². The normalized spacial score (nSPS) is 18.0. The molecule has 0 spiro atoms. The topological polar surface area (TPSA) is 83.8 Å². The van der Waals surface area contributed by atoms with Crippen molar-refractivity contribution in [2.24, 2.45) is 0 Å². The Morgan fingerprint density at radius 3 is 2.65 bits per heavy atom. The zero-order valence-electron chi connectivity index (χ0n) is 22.9. The van der Waals surface area contributed by atoms with Crippen LogP contribution < -0.4 is 10.1 Å². The Hall–Kier alpha value is -3.10. The van der Waals surface area contributed by atoms with Gasteiger partial charge in [-0.3, -0.25) is 0 Å². The third kappa shape index (κ3) is 4.68. The number of anilines is 1. The lowest BCUT2D eigenvalue weighted by Gasteiger charge is -2.29. The van der Waals surface area contributed by atoms with Gasteiger partial charge in [-0.05, 0) is 71.2 Å². The van der Waals surface area contributed by atoms with Crippen molar-refractivity contribution in [2.75, 3.05) is 32.2 Å². The molecule has 1 unspecified atom stereocenters. The third-order valence-electron chi connectivity index (χ3n) is 7.26. The van der Waals surface area contributed by atoms with Gasteiger partial charge < -0.3 is 28.8 Å². The Morgan fingerprint density at radius 1 is 1.24 bits per heavy atom. The first-order valence-corrected chi connectivity index (χ1v) is 13.0. The van der Waals surface area contributed by atoms with Gasteiger partial charge in [-0.25, -0.2) is 9.78 Å². The number of benzene rings is 1. The average molecular weight is 508 g/mol. The second-order valence-corrected chi connectivity index (χ2v) is 10.9. The second kappa shape index (κ2) is 9.65. The van der Waals surface area contributed by atoms with Gasteiger partial charge >= 0.3 is 5.97 Å². The summed E-state index contributed by atoms with van der Waals surface area (Å²) in [5.41, 5.74) is 6.87. The van der Waals surface area contributed by atoms with Crippen LogP contribution in [0.15, 0.2) is 18.2 Å². The first kappa shape index (κ1) is 25.5. The number of hydrogen-bond acceptors (Lipinski definition) is 7. The zero-order chi connectivity index (χ0) is 26.5. The molecular weight excluding hydrogens is 470 g/mol. The number of aromatic nitrogens is 2. The Bertz CT molecular complexity index is 1350. The number of fused-ring (bicyclic) bond motifs is 2. The fourth-order valence-electron chi connectivity index (χ4n) is 5.25. The summed E-state index contributed by atoms with van der Waals surface area (Å²) in [6.45, 7) is 14.9. The standard InChI is InChI=1S/C29H37N3O5/c1-16-18(3)32(15-20-10-12-35-20)27-23(16)25(19-8-9-22-21(14-19)30-11-13-36-22)24(17(2)31-27)26(28(33)34-7)37-29(4,5)6/h8-9,14,20,26,30H,10-13,15H2,1-7H3/t20?,26-/m0/s1. The van der Waals surface area contributed by atoms with E-state index in [1.807, 2.05) is 33.8 Å². The third-order valence-corrected chi connectivity index (χ3v) is 7.26. The van der Waals surface area contributed by atoms with Crippen molar-refractivity contribution in [3.8, 4) is 16.9 Å². The molecule has 2 aliphatic heterocycles. The van der Waals surface area contributed by atoms with E-state index in [1.165, 1.54) is 7.11 Å². The quantitative estimate of drug-likeness (QED) is 0.456. The number of methoxy groups -OCH3 is 1. The number of aryl methyl sites for hydroxylation is 2. The van der Waals surface area contributed by atoms with E-state index in [2.05, 4.69) is 35.9 Å². The van der Waals surface area contributed by atoms with Crippen LogP contribution in [0.4, 0.5) is 5.69 Å². The summed E-state index contributed by atoms with van der Waals surface area (Å²) >= 11 is 0. The first-order valence-electron chi connectivity index (χ1n) is 13.0. The van der Waals surface area contributed by atoms with Gasteiger partial charge in [-0.15, -0.1) is 0 Å². The fourth-order valence-corrected chi connectivity index (χ4v) is 5.25. The van der Waals surface area contributed by atoms with Crippen LogP contribution in [0, 0.1) is 20.8 Å². The van der Waals surface area contributed by atoms with Crippen LogP contribution in [0.1, 0.15) is 55.8 Å². The molecule has 0 aliphatic carbocycles. The van der Waals surface area contributed by atoms with Gasteiger partial charge in [0.1, 0.15) is 18.0 Å². The lowest BCUT2D eigenvalue weighted by molar-refractivity contribution is -0.164. The van der Waals surface area contributed by atoms with E-state index in [0.29, 0.717) is 6.61 Å². The molecule has 5 rings (SSSR count). The van der Waals surface area contributed by atoms with E-state index in [1.54, 1.807) is 0 Å². The molecule has 2 atom stereocenters. The number of hydrogen-bond donors (Lipinski definition) is 1. The summed E-state index contributed by atoms with van der Waals surface area (Å²) in [7, 11) is 1.40. The van der Waals surface area contributed by atoms with Gasteiger partial charge in [-0.1, -0.05) is 6.07 Å². The molecule has 0 saturated carbocycles. The number of rotatable bonds is 6. The van der Waals surface area contributed by atoms with Crippen LogP contribution in [0.25, 0.3) is 22.2 Å². The highest BCUT2D eigenvalue weighted by molar-refractivity contribution is 6.01. The lowest BCUT2D eigenvalue weighted by Crippen LogP contribution is -2.31. The summed E-state index contributed by atoms with van der Waals surface area (Å²) in [5, 5.41) is 4.46. The maximum atomic E-state index is 13.2. The van der Waals surface area contributed by atoms with Crippen molar-refractivity contribution in [3.63, 3.8) is 0 Å². The Labute approximate surface area is 218 Å². The second-order valence-electron chi connectivity index (χ2n) is 10.9. The van der Waals surface area contributed by atoms with Gasteiger partial charge in [0.15, 0.2) is 6.10 Å². The van der Waals surface area contributed by atoms with Gasteiger partial charge in [0.05, 0.1) is 31.0 Å². The molecule has 0 radical (unpaired) electrons. The van der Waals surface area contributed by atoms with E-state index >= 15 is 0 Å². The van der Waals surface area contributed by atoms with E-state index in [9.17, 15) is 4.79 Å². The zero-order valence-corrected chi connectivity index (χ0v) is 22.9. The highest BCUT2D eigenvalue weighted by atomic mass is 16.6. The molecule has 1 saturated heterocycles. The molecule has 1 N–H and O–H groups in total. The maximum Gasteiger partial charge on any atom is 0.339 e. The van der Waals surface area contributed by atoms with Crippen molar-refractivity contribution in [1.82, 2.24) is 9.55 Å². The van der Waals surface area contributed by atoms with Crippen molar-refractivity contribution in [2.45, 2.75) is 72.3 Å². The summed E-state index contributed by atoms with van der Waals surface area (Å²) in [6.07, 6.45) is 0.300. The van der Waals surface area contributed by atoms with Crippen LogP contribution in [-0.2, 0) is 25.5 Å². The van der Waals surface area contributed by atoms with E-state index in [4.69, 9.17) is 23.9 Å². The molecule has 2 aliphatic rings. The van der Waals surface area contributed by atoms with E-state index in [0.717, 1.165) is 82.2 Å². The average Bonchev–Trinajstić information content (AvgIpc) is 3.06. The number of esters is 1. The number of ether oxygens (including phenoxy) is 4.